The number of aliphatic hydroxyl groups excluding tert-OH is 1. The van der Waals surface area contributed by atoms with Gasteiger partial charge >= 0.3 is 0 Å². The van der Waals surface area contributed by atoms with Crippen LogP contribution in [-0.4, -0.2) is 29.7 Å². The van der Waals surface area contributed by atoms with Gasteiger partial charge in [0.15, 0.2) is 9.84 Å². The SMILES string of the molecule is Cc1cnc(Cc2cccc(CS(C)(=O)=O)c2)nc1Sc1ccc(CO)cc1. The molecule has 3 rings (SSSR count). The summed E-state index contributed by atoms with van der Waals surface area (Å²) < 4.78 is 23.0. The monoisotopic (exact) mass is 414 g/mol. The third-order valence-electron chi connectivity index (χ3n) is 4.08. The Morgan fingerprint density at radius 2 is 1.75 bits per heavy atom. The fraction of sp³-hybridized carbons (Fsp3) is 0.238. The lowest BCUT2D eigenvalue weighted by atomic mass is 10.1. The summed E-state index contributed by atoms with van der Waals surface area (Å²) >= 11 is 1.56. The fourth-order valence-corrected chi connectivity index (χ4v) is 4.38. The Morgan fingerprint density at radius 1 is 1.04 bits per heavy atom. The maximum Gasteiger partial charge on any atom is 0.151 e. The predicted octanol–water partition coefficient (Wildman–Crippen LogP) is 3.56. The third kappa shape index (κ3) is 5.89. The van der Waals surface area contributed by atoms with Gasteiger partial charge in [-0.1, -0.05) is 48.2 Å². The second-order valence-corrected chi connectivity index (χ2v) is 9.95. The van der Waals surface area contributed by atoms with Crippen molar-refractivity contribution >= 4 is 21.6 Å². The fourth-order valence-electron chi connectivity index (χ4n) is 2.74. The molecule has 5 nitrogen and oxygen atoms in total. The van der Waals surface area contributed by atoms with E-state index in [1.807, 2.05) is 61.7 Å². The van der Waals surface area contributed by atoms with Crippen molar-refractivity contribution < 1.29 is 13.5 Å². The van der Waals surface area contributed by atoms with Gasteiger partial charge in [-0.25, -0.2) is 18.4 Å². The molecule has 1 aromatic heterocycles. The molecule has 0 amide bonds. The zero-order valence-corrected chi connectivity index (χ0v) is 17.4. The first kappa shape index (κ1) is 20.5. The highest BCUT2D eigenvalue weighted by molar-refractivity contribution is 7.99. The van der Waals surface area contributed by atoms with E-state index in [1.165, 1.54) is 6.26 Å². The van der Waals surface area contributed by atoms with Crippen molar-refractivity contribution in [2.24, 2.45) is 0 Å². The maximum atomic E-state index is 11.5. The van der Waals surface area contributed by atoms with Gasteiger partial charge in [0, 0.05) is 23.8 Å². The number of rotatable bonds is 7. The highest BCUT2D eigenvalue weighted by Gasteiger charge is 2.09. The van der Waals surface area contributed by atoms with Crippen LogP contribution in [0.4, 0.5) is 0 Å². The van der Waals surface area contributed by atoms with Crippen LogP contribution in [-0.2, 0) is 28.6 Å². The first-order valence-corrected chi connectivity index (χ1v) is 11.7. The lowest BCUT2D eigenvalue weighted by molar-refractivity contribution is 0.282. The van der Waals surface area contributed by atoms with Crippen molar-refractivity contribution in [1.29, 1.82) is 0 Å². The molecule has 146 valence electrons. The summed E-state index contributed by atoms with van der Waals surface area (Å²) in [5.74, 6) is 0.720. The largest absolute Gasteiger partial charge is 0.392 e. The van der Waals surface area contributed by atoms with Gasteiger partial charge in [-0.15, -0.1) is 0 Å². The van der Waals surface area contributed by atoms with E-state index in [0.717, 1.165) is 32.2 Å². The highest BCUT2D eigenvalue weighted by Crippen LogP contribution is 2.29. The zero-order valence-electron chi connectivity index (χ0n) is 15.8. The Hall–Kier alpha value is -2.22. The Labute approximate surface area is 169 Å². The molecule has 3 aromatic rings. The Bertz CT molecular complexity index is 1070. The maximum absolute atomic E-state index is 11.5. The molecule has 1 heterocycles. The molecule has 0 saturated carbocycles. The summed E-state index contributed by atoms with van der Waals surface area (Å²) in [6.45, 7) is 2.00. The second-order valence-electron chi connectivity index (χ2n) is 6.75. The second kappa shape index (κ2) is 8.86. The summed E-state index contributed by atoms with van der Waals surface area (Å²) in [6, 6.07) is 15.2. The van der Waals surface area contributed by atoms with Crippen molar-refractivity contribution in [2.75, 3.05) is 6.26 Å². The quantitative estimate of drug-likeness (QED) is 0.596. The molecule has 0 unspecified atom stereocenters. The average Bonchev–Trinajstić information content (AvgIpc) is 2.64. The number of aromatic nitrogens is 2. The van der Waals surface area contributed by atoms with Crippen molar-refractivity contribution in [1.82, 2.24) is 9.97 Å². The molecule has 2 aromatic carbocycles. The lowest BCUT2D eigenvalue weighted by Crippen LogP contribution is -2.03. The third-order valence-corrected chi connectivity index (χ3v) is 6.05. The summed E-state index contributed by atoms with van der Waals surface area (Å²) in [4.78, 5) is 10.2. The Morgan fingerprint density at radius 3 is 2.43 bits per heavy atom. The molecular weight excluding hydrogens is 392 g/mol. The van der Waals surface area contributed by atoms with E-state index in [2.05, 4.69) is 4.98 Å². The van der Waals surface area contributed by atoms with E-state index < -0.39 is 9.84 Å². The van der Waals surface area contributed by atoms with E-state index in [0.29, 0.717) is 12.2 Å². The van der Waals surface area contributed by atoms with E-state index >= 15 is 0 Å². The van der Waals surface area contributed by atoms with Crippen LogP contribution < -0.4 is 0 Å². The van der Waals surface area contributed by atoms with Crippen LogP contribution in [0.3, 0.4) is 0 Å². The molecule has 7 heteroatoms. The van der Waals surface area contributed by atoms with Crippen LogP contribution in [0, 0.1) is 6.92 Å². The zero-order chi connectivity index (χ0) is 20.1. The molecule has 0 aliphatic carbocycles. The van der Waals surface area contributed by atoms with Crippen molar-refractivity contribution in [3.8, 4) is 0 Å². The van der Waals surface area contributed by atoms with Gasteiger partial charge in [-0.05, 0) is 41.3 Å². The first-order valence-electron chi connectivity index (χ1n) is 8.78. The predicted molar refractivity (Wildman–Crippen MR) is 111 cm³/mol. The van der Waals surface area contributed by atoms with Gasteiger partial charge in [-0.2, -0.15) is 0 Å². The van der Waals surface area contributed by atoms with Crippen molar-refractivity contribution in [3.05, 3.63) is 82.8 Å². The normalized spacial score (nSPS) is 11.5. The first-order chi connectivity index (χ1) is 13.3. The van der Waals surface area contributed by atoms with Crippen molar-refractivity contribution in [2.45, 2.75) is 35.6 Å². The number of sulfone groups is 1. The van der Waals surface area contributed by atoms with E-state index in [4.69, 9.17) is 10.1 Å². The molecular formula is C21H22N2O3S2. The summed E-state index contributed by atoms with van der Waals surface area (Å²) in [6.07, 6.45) is 3.58. The molecule has 0 aliphatic heterocycles. The summed E-state index contributed by atoms with van der Waals surface area (Å²) in [5, 5.41) is 10.0. The minimum atomic E-state index is -3.07. The number of nitrogens with zero attached hydrogens (tertiary/aromatic N) is 2. The van der Waals surface area contributed by atoms with Crippen LogP contribution in [0.5, 0.6) is 0 Å². The van der Waals surface area contributed by atoms with Crippen molar-refractivity contribution in [3.63, 3.8) is 0 Å². The minimum Gasteiger partial charge on any atom is -0.392 e. The van der Waals surface area contributed by atoms with Gasteiger partial charge in [0.1, 0.15) is 10.9 Å². The molecule has 0 radical (unpaired) electrons. The lowest BCUT2D eigenvalue weighted by Gasteiger charge is -2.08. The molecule has 0 fully saturated rings. The summed E-state index contributed by atoms with van der Waals surface area (Å²) in [7, 11) is -3.07. The van der Waals surface area contributed by atoms with Crippen LogP contribution in [0.15, 0.2) is 64.6 Å². The molecule has 0 saturated heterocycles. The van der Waals surface area contributed by atoms with Gasteiger partial charge in [0.2, 0.25) is 0 Å². The smallest absolute Gasteiger partial charge is 0.151 e. The van der Waals surface area contributed by atoms with Gasteiger partial charge < -0.3 is 5.11 Å². The number of aliphatic hydroxyl groups is 1. The standard InChI is InChI=1S/C21H22N2O3S2/c1-15-12-22-20(11-17-4-3-5-18(10-17)14-28(2,25)26)23-21(15)27-19-8-6-16(13-24)7-9-19/h3-10,12,24H,11,13-14H2,1-2H3. The van der Waals surface area contributed by atoms with Gasteiger partial charge in [0.05, 0.1) is 12.4 Å². The highest BCUT2D eigenvalue weighted by atomic mass is 32.2. The van der Waals surface area contributed by atoms with E-state index in [1.54, 1.807) is 11.8 Å². The molecule has 1 N–H and O–H groups in total. The van der Waals surface area contributed by atoms with Crippen LogP contribution in [0.2, 0.25) is 0 Å². The molecule has 0 atom stereocenters. The topological polar surface area (TPSA) is 80.2 Å². The molecule has 0 bridgehead atoms. The Balaban J connectivity index is 1.78. The van der Waals surface area contributed by atoms with E-state index in [-0.39, 0.29) is 12.4 Å². The molecule has 0 spiro atoms. The average molecular weight is 415 g/mol. The van der Waals surface area contributed by atoms with Crippen LogP contribution in [0.1, 0.15) is 28.1 Å². The molecule has 28 heavy (non-hydrogen) atoms. The minimum absolute atomic E-state index is 0.0278. The summed E-state index contributed by atoms with van der Waals surface area (Å²) in [5.41, 5.74) is 3.61. The van der Waals surface area contributed by atoms with Gasteiger partial charge in [0.25, 0.3) is 0 Å². The number of hydrogen-bond donors (Lipinski definition) is 1. The number of benzene rings is 2. The van der Waals surface area contributed by atoms with Crippen LogP contribution in [0.25, 0.3) is 0 Å². The van der Waals surface area contributed by atoms with E-state index in [9.17, 15) is 8.42 Å². The Kier molecular flexibility index (Phi) is 6.49. The number of hydrogen-bond acceptors (Lipinski definition) is 6. The van der Waals surface area contributed by atoms with Crippen LogP contribution >= 0.6 is 11.8 Å². The number of aryl methyl sites for hydroxylation is 1. The molecule has 0 aliphatic rings. The van der Waals surface area contributed by atoms with Gasteiger partial charge in [-0.3, -0.25) is 0 Å².